The number of benzene rings is 4. The third-order valence-electron chi connectivity index (χ3n) is 7.72. The maximum atomic E-state index is 14.2. The fraction of sp³-hybridized carbons (Fsp3) is 0.0571. The summed E-state index contributed by atoms with van der Waals surface area (Å²) in [6.07, 6.45) is 3.49. The third-order valence-corrected chi connectivity index (χ3v) is 8.21. The van der Waals surface area contributed by atoms with E-state index in [0.29, 0.717) is 21.6 Å². The van der Waals surface area contributed by atoms with Crippen molar-refractivity contribution in [3.05, 3.63) is 143 Å². The van der Waals surface area contributed by atoms with Crippen LogP contribution >= 0.6 is 23.2 Å². The highest BCUT2D eigenvalue weighted by molar-refractivity contribution is 6.31. The van der Waals surface area contributed by atoms with Crippen molar-refractivity contribution in [1.82, 2.24) is 24.3 Å². The Kier molecular flexibility index (Phi) is 7.26. The fourth-order valence-electron chi connectivity index (χ4n) is 5.55. The predicted molar refractivity (Wildman–Crippen MR) is 177 cm³/mol. The molecule has 3 aromatic heterocycles. The summed E-state index contributed by atoms with van der Waals surface area (Å²) in [5, 5.41) is 9.60. The molecule has 0 aliphatic carbocycles. The zero-order chi connectivity index (χ0) is 30.2. The Labute approximate surface area is 263 Å². The average Bonchev–Trinajstić information content (AvgIpc) is 3.78. The smallest absolute Gasteiger partial charge is 0.273 e. The third kappa shape index (κ3) is 5.06. The van der Waals surface area contributed by atoms with Crippen LogP contribution in [-0.2, 0) is 0 Å². The molecule has 4 aromatic carbocycles. The van der Waals surface area contributed by atoms with Crippen molar-refractivity contribution in [2.24, 2.45) is 0 Å². The van der Waals surface area contributed by atoms with Crippen molar-refractivity contribution < 1.29 is 4.79 Å². The van der Waals surface area contributed by atoms with Crippen molar-refractivity contribution in [3.63, 3.8) is 0 Å². The van der Waals surface area contributed by atoms with E-state index in [9.17, 15) is 4.79 Å². The first-order chi connectivity index (χ1) is 21.5. The maximum Gasteiger partial charge on any atom is 0.273 e. The number of para-hydroxylation sites is 1. The molecule has 1 unspecified atom stereocenters. The molecular formula is C35H26Cl2N6O. The number of carbonyl (C=O) groups excluding carboxylic acids is 1. The van der Waals surface area contributed by atoms with Crippen molar-refractivity contribution >= 4 is 45.8 Å². The molecule has 7 aromatic rings. The normalized spacial score (nSPS) is 12.0. The van der Waals surface area contributed by atoms with Crippen LogP contribution in [-0.4, -0.2) is 30.2 Å². The lowest BCUT2D eigenvalue weighted by Crippen LogP contribution is -2.17. The number of carbonyl (C=O) groups is 1. The maximum absolute atomic E-state index is 14.2. The Balaban J connectivity index is 1.42. The summed E-state index contributed by atoms with van der Waals surface area (Å²) in [5.74, 6) is 0.214. The molecule has 9 heteroatoms. The number of rotatable bonds is 7. The largest absolute Gasteiger partial charge is 0.350 e. The second-order valence-electron chi connectivity index (χ2n) is 10.4. The Morgan fingerprint density at radius 2 is 1.57 bits per heavy atom. The van der Waals surface area contributed by atoms with E-state index in [2.05, 4.69) is 26.9 Å². The number of fused-ring (bicyclic) bond motifs is 1. The lowest BCUT2D eigenvalue weighted by atomic mass is 9.99. The topological polar surface area (TPSA) is 80.5 Å². The van der Waals surface area contributed by atoms with Crippen molar-refractivity contribution in [2.75, 3.05) is 5.32 Å². The van der Waals surface area contributed by atoms with Gasteiger partial charge in [-0.25, -0.2) is 9.67 Å². The SMILES string of the molecule is CC(c1ccc(Cl)cc1)n1cnc(-c2ccccc2)c1-c1c(C(=O)Nc2ccnn2-c2ccccc2)[nH]c2cc(Cl)ccc12. The first-order valence-electron chi connectivity index (χ1n) is 14.1. The zero-order valence-electron chi connectivity index (χ0n) is 23.6. The first-order valence-corrected chi connectivity index (χ1v) is 14.8. The van der Waals surface area contributed by atoms with E-state index in [-0.39, 0.29) is 11.9 Å². The molecule has 0 aliphatic heterocycles. The van der Waals surface area contributed by atoms with E-state index >= 15 is 0 Å². The number of H-pyrrole nitrogens is 1. The summed E-state index contributed by atoms with van der Waals surface area (Å²) >= 11 is 12.6. The van der Waals surface area contributed by atoms with Crippen molar-refractivity contribution in [3.8, 4) is 28.2 Å². The van der Waals surface area contributed by atoms with Gasteiger partial charge in [-0.2, -0.15) is 5.10 Å². The number of anilines is 1. The highest BCUT2D eigenvalue weighted by Crippen LogP contribution is 2.41. The molecule has 216 valence electrons. The van der Waals surface area contributed by atoms with Crippen LogP contribution in [0.1, 0.15) is 29.0 Å². The second kappa shape index (κ2) is 11.5. The van der Waals surface area contributed by atoms with Crippen molar-refractivity contribution in [2.45, 2.75) is 13.0 Å². The van der Waals surface area contributed by atoms with Gasteiger partial charge in [-0.3, -0.25) is 4.79 Å². The van der Waals surface area contributed by atoms with E-state index in [1.807, 2.05) is 109 Å². The summed E-state index contributed by atoms with van der Waals surface area (Å²) in [6, 6.07) is 34.6. The Bertz CT molecular complexity index is 2100. The number of amides is 1. The van der Waals surface area contributed by atoms with Crippen LogP contribution < -0.4 is 5.32 Å². The number of halogens is 2. The summed E-state index contributed by atoms with van der Waals surface area (Å²) in [5.41, 5.74) is 6.20. The van der Waals surface area contributed by atoms with Gasteiger partial charge in [0, 0.05) is 38.1 Å². The van der Waals surface area contributed by atoms with Gasteiger partial charge < -0.3 is 14.9 Å². The number of hydrogen-bond donors (Lipinski definition) is 2. The van der Waals surface area contributed by atoms with Gasteiger partial charge in [0.2, 0.25) is 0 Å². The molecule has 1 atom stereocenters. The first kappa shape index (κ1) is 27.7. The van der Waals surface area contributed by atoms with E-state index in [4.69, 9.17) is 28.2 Å². The Hall–Kier alpha value is -5.11. The molecule has 1 amide bonds. The molecule has 0 radical (unpaired) electrons. The lowest BCUT2D eigenvalue weighted by molar-refractivity contribution is 0.102. The molecule has 0 saturated heterocycles. The minimum absolute atomic E-state index is 0.125. The minimum atomic E-state index is -0.323. The standard InChI is InChI=1S/C35H26Cl2N6O/c1-22(23-12-14-25(36)15-13-23)42-21-38-32(24-8-4-2-5-9-24)34(42)31-28-17-16-26(37)20-29(28)40-33(31)35(44)41-30-18-19-39-43(30)27-10-6-3-7-11-27/h2-22,40H,1H3,(H,41,44). The van der Waals surface area contributed by atoms with E-state index < -0.39 is 0 Å². The number of imidazole rings is 1. The monoisotopic (exact) mass is 616 g/mol. The van der Waals surface area contributed by atoms with Crippen LogP contribution in [0.5, 0.6) is 0 Å². The van der Waals surface area contributed by atoms with Gasteiger partial charge in [-0.15, -0.1) is 0 Å². The summed E-state index contributed by atoms with van der Waals surface area (Å²) in [6.45, 7) is 2.10. The molecule has 7 nitrogen and oxygen atoms in total. The van der Waals surface area contributed by atoms with Crippen LogP contribution in [0.15, 0.2) is 122 Å². The fourth-order valence-corrected chi connectivity index (χ4v) is 5.85. The van der Waals surface area contributed by atoms with Gasteiger partial charge in [0.15, 0.2) is 0 Å². The lowest BCUT2D eigenvalue weighted by Gasteiger charge is -2.19. The minimum Gasteiger partial charge on any atom is -0.350 e. The quantitative estimate of drug-likeness (QED) is 0.187. The van der Waals surface area contributed by atoms with Gasteiger partial charge in [-0.1, -0.05) is 89.9 Å². The second-order valence-corrected chi connectivity index (χ2v) is 11.3. The summed E-state index contributed by atoms with van der Waals surface area (Å²) in [7, 11) is 0. The van der Waals surface area contributed by atoms with Gasteiger partial charge in [0.1, 0.15) is 11.5 Å². The molecule has 0 fully saturated rings. The average molecular weight is 618 g/mol. The van der Waals surface area contributed by atoms with Crippen LogP contribution in [0, 0.1) is 0 Å². The van der Waals surface area contributed by atoms with E-state index in [1.54, 1.807) is 16.9 Å². The molecule has 44 heavy (non-hydrogen) atoms. The number of nitrogens with one attached hydrogen (secondary N) is 2. The highest BCUT2D eigenvalue weighted by Gasteiger charge is 2.28. The number of aromatic amines is 1. The van der Waals surface area contributed by atoms with Crippen LogP contribution in [0.25, 0.3) is 39.1 Å². The molecular weight excluding hydrogens is 591 g/mol. The van der Waals surface area contributed by atoms with E-state index in [0.717, 1.165) is 44.7 Å². The molecule has 7 rings (SSSR count). The van der Waals surface area contributed by atoms with Crippen LogP contribution in [0.4, 0.5) is 5.82 Å². The molecule has 2 N–H and O–H groups in total. The summed E-state index contributed by atoms with van der Waals surface area (Å²) in [4.78, 5) is 22.5. The predicted octanol–water partition coefficient (Wildman–Crippen LogP) is 9.05. The van der Waals surface area contributed by atoms with Gasteiger partial charge in [-0.05, 0) is 48.9 Å². The van der Waals surface area contributed by atoms with Gasteiger partial charge >= 0.3 is 0 Å². The number of hydrogen-bond acceptors (Lipinski definition) is 3. The molecule has 3 heterocycles. The van der Waals surface area contributed by atoms with E-state index in [1.165, 1.54) is 0 Å². The molecule has 0 saturated carbocycles. The van der Waals surface area contributed by atoms with Gasteiger partial charge in [0.05, 0.1) is 35.6 Å². The number of aromatic nitrogens is 5. The summed E-state index contributed by atoms with van der Waals surface area (Å²) < 4.78 is 3.80. The molecule has 0 bridgehead atoms. The zero-order valence-corrected chi connectivity index (χ0v) is 25.1. The Morgan fingerprint density at radius 3 is 2.32 bits per heavy atom. The van der Waals surface area contributed by atoms with Gasteiger partial charge in [0.25, 0.3) is 5.91 Å². The van der Waals surface area contributed by atoms with Crippen LogP contribution in [0.2, 0.25) is 10.0 Å². The highest BCUT2D eigenvalue weighted by atomic mass is 35.5. The van der Waals surface area contributed by atoms with Crippen LogP contribution in [0.3, 0.4) is 0 Å². The molecule has 0 spiro atoms. The van der Waals surface area contributed by atoms with Crippen molar-refractivity contribution in [1.29, 1.82) is 0 Å². The molecule has 0 aliphatic rings. The Morgan fingerprint density at radius 1 is 0.864 bits per heavy atom. The number of nitrogens with zero attached hydrogens (tertiary/aromatic N) is 4.